The summed E-state index contributed by atoms with van der Waals surface area (Å²) in [7, 11) is 0. The van der Waals surface area contributed by atoms with Gasteiger partial charge in [0.2, 0.25) is 0 Å². The van der Waals surface area contributed by atoms with Gasteiger partial charge >= 0.3 is 0 Å². The van der Waals surface area contributed by atoms with Gasteiger partial charge in [0.05, 0.1) is 44.6 Å². The Morgan fingerprint density at radius 2 is 1.97 bits per heavy atom. The molecule has 0 amide bonds. The SMILES string of the molecule is C[C@H]1C[C@@H]2C[C@H](OCc3c(-c4c(Cl)cccc4Cl)noc3C3CC3)C[C@H]1[C@]2(O)c1nc2ccc(C#N)cc2s1. The molecule has 0 aliphatic heterocycles. The number of aliphatic hydroxyl groups is 1. The molecule has 5 atom stereocenters. The first-order valence-electron chi connectivity index (χ1n) is 13.4. The Morgan fingerprint density at radius 1 is 1.18 bits per heavy atom. The second-order valence-corrected chi connectivity index (χ2v) is 13.1. The van der Waals surface area contributed by atoms with E-state index < -0.39 is 5.60 Å². The Morgan fingerprint density at radius 3 is 2.69 bits per heavy atom. The summed E-state index contributed by atoms with van der Waals surface area (Å²) < 4.78 is 13.3. The van der Waals surface area contributed by atoms with Crippen molar-refractivity contribution < 1.29 is 14.4 Å². The molecular formula is C30H27Cl2N3O3S. The molecule has 2 aromatic carbocycles. The number of nitriles is 1. The van der Waals surface area contributed by atoms with Crippen LogP contribution in [0.1, 0.15) is 66.8 Å². The summed E-state index contributed by atoms with van der Waals surface area (Å²) in [6, 6.07) is 13.1. The number of hydrogen-bond donors (Lipinski definition) is 1. The van der Waals surface area contributed by atoms with Crippen molar-refractivity contribution in [2.45, 2.75) is 63.3 Å². The number of rotatable bonds is 6. The van der Waals surface area contributed by atoms with Gasteiger partial charge in [-0.1, -0.05) is 41.3 Å². The van der Waals surface area contributed by atoms with E-state index in [0.717, 1.165) is 58.7 Å². The number of nitrogens with zero attached hydrogens (tertiary/aromatic N) is 3. The van der Waals surface area contributed by atoms with Crippen LogP contribution in [-0.2, 0) is 16.9 Å². The normalized spacial score (nSPS) is 28.2. The van der Waals surface area contributed by atoms with Crippen LogP contribution in [0.4, 0.5) is 0 Å². The van der Waals surface area contributed by atoms with E-state index in [0.29, 0.717) is 45.3 Å². The molecule has 39 heavy (non-hydrogen) atoms. The van der Waals surface area contributed by atoms with Crippen molar-refractivity contribution in [3.8, 4) is 17.3 Å². The van der Waals surface area contributed by atoms with Crippen molar-refractivity contribution >= 4 is 44.8 Å². The summed E-state index contributed by atoms with van der Waals surface area (Å²) in [4.78, 5) is 4.84. The van der Waals surface area contributed by atoms with Crippen LogP contribution in [0.5, 0.6) is 0 Å². The van der Waals surface area contributed by atoms with Gasteiger partial charge in [-0.2, -0.15) is 5.26 Å². The lowest BCUT2D eigenvalue weighted by Gasteiger charge is -2.41. The third-order valence-corrected chi connectivity index (χ3v) is 10.7. The van der Waals surface area contributed by atoms with Gasteiger partial charge in [-0.05, 0) is 80.2 Å². The van der Waals surface area contributed by atoms with Gasteiger partial charge in [0, 0.05) is 17.0 Å². The Bertz CT molecular complexity index is 1600. The average molecular weight is 581 g/mol. The topological polar surface area (TPSA) is 92.2 Å². The molecule has 6 nitrogen and oxygen atoms in total. The Hall–Kier alpha value is -2.47. The molecule has 200 valence electrons. The highest BCUT2D eigenvalue weighted by Crippen LogP contribution is 2.59. The van der Waals surface area contributed by atoms with Crippen LogP contribution < -0.4 is 0 Å². The summed E-state index contributed by atoms with van der Waals surface area (Å²) in [6.07, 6.45) is 4.59. The maximum atomic E-state index is 12.2. The Balaban J connectivity index is 1.15. The molecule has 1 N–H and O–H groups in total. The molecule has 3 fully saturated rings. The standard InChI is InChI=1S/C30H27Cl2N3O3S/c1-15-9-18-11-19(12-21(15)30(18,36)29-34-24-8-5-16(13-33)10-25(24)39-29)37-14-20-27(35-38-28(20)17-6-7-17)26-22(31)3-2-4-23(26)32/h2-5,8,10,15,17-19,21,36H,6-7,9,11-12,14H2,1H3/t15-,18+,19-,21+,30-/m0/s1. The second kappa shape index (κ2) is 9.57. The van der Waals surface area contributed by atoms with E-state index in [9.17, 15) is 10.4 Å². The molecule has 0 spiro atoms. The highest BCUT2D eigenvalue weighted by Gasteiger charge is 2.59. The van der Waals surface area contributed by atoms with Crippen molar-refractivity contribution in [3.63, 3.8) is 0 Å². The van der Waals surface area contributed by atoms with Crippen LogP contribution >= 0.6 is 34.5 Å². The zero-order valence-electron chi connectivity index (χ0n) is 21.4. The first-order valence-corrected chi connectivity index (χ1v) is 15.0. The summed E-state index contributed by atoms with van der Waals surface area (Å²) in [5.41, 5.74) is 2.71. The van der Waals surface area contributed by atoms with Crippen LogP contribution in [0, 0.1) is 29.1 Å². The zero-order valence-corrected chi connectivity index (χ0v) is 23.7. The number of hydrogen-bond acceptors (Lipinski definition) is 7. The smallest absolute Gasteiger partial charge is 0.145 e. The van der Waals surface area contributed by atoms with Gasteiger partial charge in [0.1, 0.15) is 22.1 Å². The Labute approximate surface area is 240 Å². The average Bonchev–Trinajstić information content (AvgIpc) is 3.52. The molecular weight excluding hydrogens is 553 g/mol. The second-order valence-electron chi connectivity index (χ2n) is 11.3. The van der Waals surface area contributed by atoms with E-state index in [2.05, 4.69) is 18.1 Å². The zero-order chi connectivity index (χ0) is 26.9. The molecule has 4 aromatic rings. The minimum Gasteiger partial charge on any atom is -0.382 e. The summed E-state index contributed by atoms with van der Waals surface area (Å²) in [5.74, 6) is 1.68. The fraction of sp³-hybridized carbons (Fsp3) is 0.433. The lowest BCUT2D eigenvalue weighted by Crippen LogP contribution is -2.45. The minimum absolute atomic E-state index is 0.00122. The lowest BCUT2D eigenvalue weighted by molar-refractivity contribution is -0.120. The number of aromatic nitrogens is 2. The van der Waals surface area contributed by atoms with E-state index in [1.165, 1.54) is 11.3 Å². The maximum Gasteiger partial charge on any atom is 0.145 e. The van der Waals surface area contributed by atoms with Gasteiger partial charge < -0.3 is 14.4 Å². The number of halogens is 2. The number of benzene rings is 2. The molecule has 3 saturated carbocycles. The molecule has 0 saturated heterocycles. The molecule has 9 heteroatoms. The van der Waals surface area contributed by atoms with E-state index in [1.54, 1.807) is 6.07 Å². The van der Waals surface area contributed by atoms with E-state index in [1.807, 2.05) is 30.3 Å². The van der Waals surface area contributed by atoms with Crippen molar-refractivity contribution in [1.29, 1.82) is 5.26 Å². The molecule has 3 aliphatic carbocycles. The Kier molecular flexibility index (Phi) is 6.26. The summed E-state index contributed by atoms with van der Waals surface area (Å²) >= 11 is 14.6. The van der Waals surface area contributed by atoms with Gasteiger partial charge in [0.15, 0.2) is 0 Å². The first-order chi connectivity index (χ1) is 18.9. The van der Waals surface area contributed by atoms with E-state index in [-0.39, 0.29) is 17.9 Å². The predicted octanol–water partition coefficient (Wildman–Crippen LogP) is 7.85. The van der Waals surface area contributed by atoms with Crippen molar-refractivity contribution in [3.05, 3.63) is 68.3 Å². The molecule has 7 rings (SSSR count). The largest absolute Gasteiger partial charge is 0.382 e. The quantitative estimate of drug-likeness (QED) is 0.250. The van der Waals surface area contributed by atoms with Gasteiger partial charge in [-0.3, -0.25) is 0 Å². The molecule has 2 aromatic heterocycles. The van der Waals surface area contributed by atoms with Gasteiger partial charge in [0.25, 0.3) is 0 Å². The van der Waals surface area contributed by atoms with E-state index >= 15 is 0 Å². The van der Waals surface area contributed by atoms with Gasteiger partial charge in [-0.25, -0.2) is 4.98 Å². The van der Waals surface area contributed by atoms with Crippen LogP contribution in [0.15, 0.2) is 40.9 Å². The molecule has 0 unspecified atom stereocenters. The number of thiazole rings is 1. The molecule has 0 radical (unpaired) electrons. The van der Waals surface area contributed by atoms with Crippen molar-refractivity contribution in [1.82, 2.24) is 10.1 Å². The minimum atomic E-state index is -0.984. The monoisotopic (exact) mass is 579 g/mol. The molecule has 2 bridgehead atoms. The first kappa shape index (κ1) is 25.5. The third-order valence-electron chi connectivity index (χ3n) is 8.88. The maximum absolute atomic E-state index is 12.2. The molecule has 3 aliphatic rings. The fourth-order valence-corrected chi connectivity index (χ4v) is 8.61. The third kappa shape index (κ3) is 4.20. The highest BCUT2D eigenvalue weighted by atomic mass is 35.5. The number of fused-ring (bicyclic) bond motifs is 3. The fourth-order valence-electron chi connectivity index (χ4n) is 6.80. The predicted molar refractivity (Wildman–Crippen MR) is 151 cm³/mol. The summed E-state index contributed by atoms with van der Waals surface area (Å²) in [5, 5.41) is 27.7. The van der Waals surface area contributed by atoms with E-state index in [4.69, 9.17) is 37.4 Å². The van der Waals surface area contributed by atoms with Crippen molar-refractivity contribution in [2.75, 3.05) is 0 Å². The van der Waals surface area contributed by atoms with Crippen LogP contribution in [0.3, 0.4) is 0 Å². The van der Waals surface area contributed by atoms with Crippen LogP contribution in [0.25, 0.3) is 21.5 Å². The van der Waals surface area contributed by atoms with Crippen LogP contribution in [-0.4, -0.2) is 21.4 Å². The van der Waals surface area contributed by atoms with Crippen LogP contribution in [0.2, 0.25) is 10.0 Å². The highest BCUT2D eigenvalue weighted by molar-refractivity contribution is 7.18. The molecule has 2 heterocycles. The number of ether oxygens (including phenoxy) is 1. The van der Waals surface area contributed by atoms with Crippen molar-refractivity contribution in [2.24, 2.45) is 17.8 Å². The summed E-state index contributed by atoms with van der Waals surface area (Å²) in [6.45, 7) is 2.59. The lowest BCUT2D eigenvalue weighted by atomic mass is 9.72. The van der Waals surface area contributed by atoms with Gasteiger partial charge in [-0.15, -0.1) is 11.3 Å².